The van der Waals surface area contributed by atoms with Crippen LogP contribution >= 0.6 is 0 Å². The Morgan fingerprint density at radius 3 is 2.67 bits per heavy atom. The maximum absolute atomic E-state index is 2.59. The van der Waals surface area contributed by atoms with Gasteiger partial charge < -0.3 is 0 Å². The van der Waals surface area contributed by atoms with E-state index in [2.05, 4.69) is 54.6 Å². The van der Waals surface area contributed by atoms with Gasteiger partial charge in [-0.3, -0.25) is 4.90 Å². The van der Waals surface area contributed by atoms with Crippen molar-refractivity contribution in [3.63, 3.8) is 0 Å². The third-order valence-electron chi connectivity index (χ3n) is 5.02. The van der Waals surface area contributed by atoms with Crippen molar-refractivity contribution in [1.82, 2.24) is 0 Å². The Kier molecular flexibility index (Phi) is 6.53. The van der Waals surface area contributed by atoms with E-state index in [9.17, 15) is 0 Å². The number of aromatic nitrogens is 1. The number of hydrogen-bond acceptors (Lipinski definition) is 1. The summed E-state index contributed by atoms with van der Waals surface area (Å²) in [6.45, 7) is 10.6. The highest BCUT2D eigenvalue weighted by Crippen LogP contribution is 2.21. The summed E-state index contributed by atoms with van der Waals surface area (Å²) < 4.78 is 2.50. The van der Waals surface area contributed by atoms with Gasteiger partial charge in [0.25, 0.3) is 5.82 Å². The molecule has 2 rings (SSSR count). The Labute approximate surface area is 131 Å². The van der Waals surface area contributed by atoms with Crippen LogP contribution in [0.15, 0.2) is 24.4 Å². The SMILES string of the molecule is CCCCC(CC)C[n+]1ccccc1N1CCC(C)CC1. The predicted octanol–water partition coefficient (Wildman–Crippen LogP) is 4.43. The normalized spacial score (nSPS) is 18.0. The number of nitrogens with zero attached hydrogens (tertiary/aromatic N) is 2. The molecule has 1 aromatic rings. The van der Waals surface area contributed by atoms with Gasteiger partial charge in [0.2, 0.25) is 0 Å². The van der Waals surface area contributed by atoms with Crippen molar-refractivity contribution < 1.29 is 4.57 Å². The summed E-state index contributed by atoms with van der Waals surface area (Å²) in [4.78, 5) is 2.59. The smallest absolute Gasteiger partial charge is 0.262 e. The number of unbranched alkanes of at least 4 members (excludes halogenated alkanes) is 1. The highest BCUT2D eigenvalue weighted by molar-refractivity contribution is 5.32. The molecule has 1 atom stereocenters. The molecule has 2 nitrogen and oxygen atoms in total. The van der Waals surface area contributed by atoms with Gasteiger partial charge in [-0.25, -0.2) is 4.57 Å². The molecule has 0 N–H and O–H groups in total. The summed E-state index contributed by atoms with van der Waals surface area (Å²) >= 11 is 0. The molecule has 0 aliphatic carbocycles. The number of piperidine rings is 1. The van der Waals surface area contributed by atoms with Crippen molar-refractivity contribution in [1.29, 1.82) is 0 Å². The van der Waals surface area contributed by atoms with E-state index in [-0.39, 0.29) is 0 Å². The average Bonchev–Trinajstić information content (AvgIpc) is 2.52. The zero-order valence-corrected chi connectivity index (χ0v) is 14.2. The van der Waals surface area contributed by atoms with Crippen LogP contribution in [0, 0.1) is 11.8 Å². The molecule has 2 heteroatoms. The molecule has 1 fully saturated rings. The van der Waals surface area contributed by atoms with Crippen LogP contribution in [0.5, 0.6) is 0 Å². The van der Waals surface area contributed by atoms with Crippen molar-refractivity contribution in [3.05, 3.63) is 24.4 Å². The van der Waals surface area contributed by atoms with E-state index in [1.54, 1.807) is 0 Å². The van der Waals surface area contributed by atoms with Crippen LogP contribution in [0.4, 0.5) is 5.82 Å². The molecule has 1 saturated heterocycles. The maximum Gasteiger partial charge on any atom is 0.276 e. The van der Waals surface area contributed by atoms with Crippen LogP contribution in [-0.4, -0.2) is 13.1 Å². The van der Waals surface area contributed by atoms with Gasteiger partial charge in [0, 0.05) is 6.07 Å². The van der Waals surface area contributed by atoms with Gasteiger partial charge in [-0.15, -0.1) is 0 Å². The molecule has 1 unspecified atom stereocenters. The van der Waals surface area contributed by atoms with Crippen LogP contribution in [0.1, 0.15) is 59.3 Å². The van der Waals surface area contributed by atoms with E-state index in [1.807, 2.05) is 0 Å². The lowest BCUT2D eigenvalue weighted by Crippen LogP contribution is -2.46. The molecule has 1 aliphatic heterocycles. The van der Waals surface area contributed by atoms with Crippen molar-refractivity contribution >= 4 is 5.82 Å². The minimum atomic E-state index is 0.819. The molecule has 1 aliphatic rings. The van der Waals surface area contributed by atoms with E-state index in [0.717, 1.165) is 11.8 Å². The molecule has 0 spiro atoms. The van der Waals surface area contributed by atoms with E-state index >= 15 is 0 Å². The molecule has 0 aromatic carbocycles. The Morgan fingerprint density at radius 1 is 1.24 bits per heavy atom. The summed E-state index contributed by atoms with van der Waals surface area (Å²) in [6, 6.07) is 6.68. The first-order chi connectivity index (χ1) is 10.2. The van der Waals surface area contributed by atoms with Crippen LogP contribution in [0.3, 0.4) is 0 Å². The first-order valence-corrected chi connectivity index (χ1v) is 8.98. The summed E-state index contributed by atoms with van der Waals surface area (Å²) in [6.07, 6.45) is 10.3. The van der Waals surface area contributed by atoms with Gasteiger partial charge in [0.05, 0.1) is 25.8 Å². The molecule has 0 saturated carbocycles. The third-order valence-corrected chi connectivity index (χ3v) is 5.02. The maximum atomic E-state index is 2.59. The molecular weight excluding hydrogens is 256 g/mol. The standard InChI is InChI=1S/C19H33N2/c1-4-6-9-18(5-2)16-21-13-8-7-10-19(21)20-14-11-17(3)12-15-20/h7-8,10,13,17-18H,4-6,9,11-12,14-16H2,1-3H3/q+1. The van der Waals surface area contributed by atoms with E-state index in [4.69, 9.17) is 0 Å². The Bertz CT molecular complexity index is 408. The van der Waals surface area contributed by atoms with Crippen LogP contribution in [-0.2, 0) is 6.54 Å². The summed E-state index contributed by atoms with van der Waals surface area (Å²) in [5.74, 6) is 3.14. The summed E-state index contributed by atoms with van der Waals surface area (Å²) in [5, 5.41) is 0. The lowest BCUT2D eigenvalue weighted by Gasteiger charge is -2.27. The number of hydrogen-bond donors (Lipinski definition) is 0. The minimum absolute atomic E-state index is 0.819. The van der Waals surface area contributed by atoms with E-state index < -0.39 is 0 Å². The van der Waals surface area contributed by atoms with Crippen LogP contribution in [0.25, 0.3) is 0 Å². The van der Waals surface area contributed by atoms with Crippen molar-refractivity contribution in [3.8, 4) is 0 Å². The first kappa shape index (κ1) is 16.3. The fourth-order valence-electron chi connectivity index (χ4n) is 3.34. The van der Waals surface area contributed by atoms with Gasteiger partial charge in [-0.2, -0.15) is 0 Å². The van der Waals surface area contributed by atoms with Crippen molar-refractivity contribution in [2.24, 2.45) is 11.8 Å². The number of rotatable bonds is 7. The Hall–Kier alpha value is -1.05. The summed E-state index contributed by atoms with van der Waals surface area (Å²) in [7, 11) is 0. The topological polar surface area (TPSA) is 7.12 Å². The molecule has 0 amide bonds. The van der Waals surface area contributed by atoms with E-state index in [1.165, 1.54) is 64.0 Å². The van der Waals surface area contributed by atoms with Gasteiger partial charge in [-0.1, -0.05) is 39.7 Å². The number of pyridine rings is 1. The minimum Gasteiger partial charge on any atom is -0.262 e. The van der Waals surface area contributed by atoms with Crippen LogP contribution in [0.2, 0.25) is 0 Å². The predicted molar refractivity (Wildman–Crippen MR) is 90.6 cm³/mol. The van der Waals surface area contributed by atoms with Gasteiger partial charge in [0.15, 0.2) is 0 Å². The second-order valence-corrected chi connectivity index (χ2v) is 6.80. The van der Waals surface area contributed by atoms with Gasteiger partial charge in [-0.05, 0) is 43.6 Å². The lowest BCUT2D eigenvalue weighted by molar-refractivity contribution is -0.691. The second kappa shape index (κ2) is 8.41. The van der Waals surface area contributed by atoms with Gasteiger partial charge >= 0.3 is 0 Å². The Morgan fingerprint density at radius 2 is 2.00 bits per heavy atom. The molecule has 2 heterocycles. The van der Waals surface area contributed by atoms with Crippen molar-refractivity contribution in [2.75, 3.05) is 18.0 Å². The molecule has 118 valence electrons. The van der Waals surface area contributed by atoms with Gasteiger partial charge in [0.1, 0.15) is 0 Å². The first-order valence-electron chi connectivity index (χ1n) is 8.98. The fraction of sp³-hybridized carbons (Fsp3) is 0.737. The molecule has 0 radical (unpaired) electrons. The Balaban J connectivity index is 2.05. The second-order valence-electron chi connectivity index (χ2n) is 6.80. The fourth-order valence-corrected chi connectivity index (χ4v) is 3.34. The van der Waals surface area contributed by atoms with Crippen molar-refractivity contribution in [2.45, 2.75) is 65.8 Å². The molecular formula is C19H33N2+. The van der Waals surface area contributed by atoms with E-state index in [0.29, 0.717) is 0 Å². The molecule has 0 bridgehead atoms. The lowest BCUT2D eigenvalue weighted by atomic mass is 9.98. The zero-order valence-electron chi connectivity index (χ0n) is 14.2. The number of anilines is 1. The quantitative estimate of drug-likeness (QED) is 0.674. The summed E-state index contributed by atoms with van der Waals surface area (Å²) in [5.41, 5.74) is 0. The zero-order chi connectivity index (χ0) is 15.1. The molecule has 21 heavy (non-hydrogen) atoms. The highest BCUT2D eigenvalue weighted by atomic mass is 15.2. The molecule has 1 aromatic heterocycles. The average molecular weight is 289 g/mol. The largest absolute Gasteiger partial charge is 0.276 e. The van der Waals surface area contributed by atoms with Crippen LogP contribution < -0.4 is 9.47 Å². The monoisotopic (exact) mass is 289 g/mol. The third kappa shape index (κ3) is 4.72. The highest BCUT2D eigenvalue weighted by Gasteiger charge is 2.25.